The van der Waals surface area contributed by atoms with Crippen LogP contribution in [-0.2, 0) is 0 Å². The van der Waals surface area contributed by atoms with Gasteiger partial charge in [0.2, 0.25) is 0 Å². The quantitative estimate of drug-likeness (QED) is 0.641. The van der Waals surface area contributed by atoms with Gasteiger partial charge in [-0.3, -0.25) is 0 Å². The molecule has 0 aromatic rings. The minimum absolute atomic E-state index is 0.261. The molecule has 2 nitrogen and oxygen atoms in total. The van der Waals surface area contributed by atoms with Gasteiger partial charge in [-0.2, -0.15) is 0 Å². The molecule has 0 radical (unpaired) electrons. The highest BCUT2D eigenvalue weighted by molar-refractivity contribution is 4.77. The summed E-state index contributed by atoms with van der Waals surface area (Å²) in [7, 11) is 0. The van der Waals surface area contributed by atoms with Gasteiger partial charge in [0.1, 0.15) is 0 Å². The van der Waals surface area contributed by atoms with Crippen molar-refractivity contribution in [2.45, 2.75) is 52.5 Å². The second-order valence-corrected chi connectivity index (χ2v) is 3.82. The van der Waals surface area contributed by atoms with E-state index in [0.29, 0.717) is 11.8 Å². The summed E-state index contributed by atoms with van der Waals surface area (Å²) in [4.78, 5) is 0. The van der Waals surface area contributed by atoms with Crippen LogP contribution in [0.2, 0.25) is 0 Å². The highest BCUT2D eigenvalue weighted by Gasteiger charge is 2.22. The summed E-state index contributed by atoms with van der Waals surface area (Å²) in [5.74, 6) is 1.19. The molecule has 2 atom stereocenters. The Hall–Kier alpha value is -0.0800. The van der Waals surface area contributed by atoms with Crippen LogP contribution in [0, 0.1) is 11.8 Å². The van der Waals surface area contributed by atoms with Crippen LogP contribution in [0.1, 0.15) is 46.5 Å². The van der Waals surface area contributed by atoms with Crippen molar-refractivity contribution in [3.05, 3.63) is 0 Å². The number of aliphatic hydroxyl groups excluding tert-OH is 1. The number of hydrogen-bond donors (Lipinski definition) is 2. The molecule has 0 spiro atoms. The summed E-state index contributed by atoms with van der Waals surface area (Å²) < 4.78 is 0. The number of rotatable bonds is 7. The molecule has 0 fully saturated rings. The minimum Gasteiger partial charge on any atom is -0.396 e. The van der Waals surface area contributed by atoms with Crippen molar-refractivity contribution >= 4 is 0 Å². The molecule has 80 valence electrons. The number of nitrogens with two attached hydrogens (primary N) is 1. The van der Waals surface area contributed by atoms with Crippen LogP contribution < -0.4 is 5.73 Å². The van der Waals surface area contributed by atoms with E-state index < -0.39 is 0 Å². The fourth-order valence-corrected chi connectivity index (χ4v) is 2.15. The monoisotopic (exact) mass is 187 g/mol. The van der Waals surface area contributed by atoms with Gasteiger partial charge in [-0.15, -0.1) is 0 Å². The average molecular weight is 187 g/mol. The van der Waals surface area contributed by atoms with Crippen LogP contribution >= 0.6 is 0 Å². The van der Waals surface area contributed by atoms with Crippen LogP contribution in [0.5, 0.6) is 0 Å². The molecule has 0 aromatic carbocycles. The second kappa shape index (κ2) is 7.34. The van der Waals surface area contributed by atoms with Crippen LogP contribution in [0.4, 0.5) is 0 Å². The standard InChI is InChI=1S/C11H25NO/c1-4-9(5-2)10(7-8-13)11(12)6-3/h9-11,13H,4-8,12H2,1-3H3. The summed E-state index contributed by atoms with van der Waals surface area (Å²) in [6, 6.07) is 0.261. The predicted octanol–water partition coefficient (Wildman–Crippen LogP) is 2.16. The van der Waals surface area contributed by atoms with E-state index in [2.05, 4.69) is 20.8 Å². The van der Waals surface area contributed by atoms with Gasteiger partial charge < -0.3 is 10.8 Å². The van der Waals surface area contributed by atoms with Gasteiger partial charge in [0, 0.05) is 12.6 Å². The Kier molecular flexibility index (Phi) is 7.29. The van der Waals surface area contributed by atoms with Crippen molar-refractivity contribution in [2.75, 3.05) is 6.61 Å². The maximum Gasteiger partial charge on any atom is 0.0434 e. The van der Waals surface area contributed by atoms with Crippen LogP contribution in [0.3, 0.4) is 0 Å². The first-order chi connectivity index (χ1) is 6.21. The lowest BCUT2D eigenvalue weighted by molar-refractivity contribution is 0.185. The molecule has 0 heterocycles. The Bertz CT molecular complexity index is 113. The Labute approximate surface area is 82.5 Å². The minimum atomic E-state index is 0.261. The highest BCUT2D eigenvalue weighted by Crippen LogP contribution is 2.26. The molecule has 0 rings (SSSR count). The van der Waals surface area contributed by atoms with Gasteiger partial charge in [0.05, 0.1) is 0 Å². The van der Waals surface area contributed by atoms with Crippen LogP contribution in [0.25, 0.3) is 0 Å². The van der Waals surface area contributed by atoms with Gasteiger partial charge in [-0.05, 0) is 24.7 Å². The molecule has 2 heteroatoms. The molecule has 0 amide bonds. The summed E-state index contributed by atoms with van der Waals surface area (Å²) in [5, 5.41) is 8.97. The van der Waals surface area contributed by atoms with E-state index in [1.54, 1.807) is 0 Å². The van der Waals surface area contributed by atoms with E-state index in [9.17, 15) is 0 Å². The molecular formula is C11H25NO. The Morgan fingerprint density at radius 2 is 1.62 bits per heavy atom. The summed E-state index contributed by atoms with van der Waals surface area (Å²) in [6.45, 7) is 6.81. The third kappa shape index (κ3) is 4.10. The Balaban J connectivity index is 4.19. The molecule has 13 heavy (non-hydrogen) atoms. The molecular weight excluding hydrogens is 162 g/mol. The molecule has 0 saturated heterocycles. The van der Waals surface area contributed by atoms with E-state index >= 15 is 0 Å². The number of hydrogen-bond acceptors (Lipinski definition) is 2. The van der Waals surface area contributed by atoms with Crippen molar-refractivity contribution in [2.24, 2.45) is 17.6 Å². The number of aliphatic hydroxyl groups is 1. The third-order valence-electron chi connectivity index (χ3n) is 3.14. The van der Waals surface area contributed by atoms with E-state index in [0.717, 1.165) is 12.8 Å². The average Bonchev–Trinajstić information content (AvgIpc) is 2.17. The molecule has 0 aliphatic heterocycles. The lowest BCUT2D eigenvalue weighted by atomic mass is 9.80. The highest BCUT2D eigenvalue weighted by atomic mass is 16.3. The van der Waals surface area contributed by atoms with Crippen molar-refractivity contribution in [3.8, 4) is 0 Å². The van der Waals surface area contributed by atoms with Crippen molar-refractivity contribution in [3.63, 3.8) is 0 Å². The van der Waals surface area contributed by atoms with Crippen molar-refractivity contribution < 1.29 is 5.11 Å². The van der Waals surface area contributed by atoms with Crippen molar-refractivity contribution in [1.29, 1.82) is 0 Å². The van der Waals surface area contributed by atoms with Gasteiger partial charge in [0.25, 0.3) is 0 Å². The summed E-state index contributed by atoms with van der Waals surface area (Å²) in [6.07, 6.45) is 4.23. The molecule has 2 unspecified atom stereocenters. The van der Waals surface area contributed by atoms with E-state index in [1.807, 2.05) is 0 Å². The first kappa shape index (κ1) is 12.9. The Morgan fingerprint density at radius 1 is 1.08 bits per heavy atom. The topological polar surface area (TPSA) is 46.2 Å². The summed E-state index contributed by atoms with van der Waals surface area (Å²) >= 11 is 0. The van der Waals surface area contributed by atoms with Gasteiger partial charge in [-0.1, -0.05) is 33.6 Å². The van der Waals surface area contributed by atoms with Gasteiger partial charge in [-0.25, -0.2) is 0 Å². The second-order valence-electron chi connectivity index (χ2n) is 3.82. The summed E-state index contributed by atoms with van der Waals surface area (Å²) in [5.41, 5.74) is 6.04. The zero-order valence-corrected chi connectivity index (χ0v) is 9.29. The zero-order valence-electron chi connectivity index (χ0n) is 9.29. The van der Waals surface area contributed by atoms with E-state index in [1.165, 1.54) is 12.8 Å². The first-order valence-corrected chi connectivity index (χ1v) is 5.57. The van der Waals surface area contributed by atoms with Gasteiger partial charge >= 0.3 is 0 Å². The fourth-order valence-electron chi connectivity index (χ4n) is 2.15. The van der Waals surface area contributed by atoms with Crippen LogP contribution in [-0.4, -0.2) is 17.8 Å². The zero-order chi connectivity index (χ0) is 10.3. The van der Waals surface area contributed by atoms with E-state index in [4.69, 9.17) is 10.8 Å². The van der Waals surface area contributed by atoms with E-state index in [-0.39, 0.29) is 12.6 Å². The van der Waals surface area contributed by atoms with Gasteiger partial charge in [0.15, 0.2) is 0 Å². The molecule has 0 aliphatic carbocycles. The predicted molar refractivity (Wildman–Crippen MR) is 57.5 cm³/mol. The maximum absolute atomic E-state index is 8.97. The smallest absolute Gasteiger partial charge is 0.0434 e. The molecule has 0 aromatic heterocycles. The Morgan fingerprint density at radius 3 is 1.92 bits per heavy atom. The maximum atomic E-state index is 8.97. The lowest BCUT2D eigenvalue weighted by Gasteiger charge is -2.29. The van der Waals surface area contributed by atoms with Crippen LogP contribution in [0.15, 0.2) is 0 Å². The normalized spacial score (nSPS) is 16.2. The molecule has 0 bridgehead atoms. The van der Waals surface area contributed by atoms with Crippen molar-refractivity contribution in [1.82, 2.24) is 0 Å². The largest absolute Gasteiger partial charge is 0.396 e. The first-order valence-electron chi connectivity index (χ1n) is 5.57. The molecule has 3 N–H and O–H groups in total. The molecule has 0 aliphatic rings. The molecule has 0 saturated carbocycles. The fraction of sp³-hybridized carbons (Fsp3) is 1.00. The third-order valence-corrected chi connectivity index (χ3v) is 3.14. The SMILES string of the molecule is CCC(N)C(CCO)C(CC)CC. The lowest BCUT2D eigenvalue weighted by Crippen LogP contribution is -2.35.